The Morgan fingerprint density at radius 3 is 2.54 bits per heavy atom. The van der Waals surface area contributed by atoms with Crippen LogP contribution in [0.4, 0.5) is 22.9 Å². The zero-order valence-electron chi connectivity index (χ0n) is 15.5. The Morgan fingerprint density at radius 2 is 1.75 bits per heavy atom. The Bertz CT molecular complexity index is 1030. The molecular weight excluding hydrogens is 352 g/mol. The van der Waals surface area contributed by atoms with Gasteiger partial charge in [0, 0.05) is 42.3 Å². The largest absolute Gasteiger partial charge is 0.340 e. The van der Waals surface area contributed by atoms with E-state index in [4.69, 9.17) is 0 Å². The topological polar surface area (TPSA) is 74.3 Å². The normalized spacial score (nSPS) is 12.4. The summed E-state index contributed by atoms with van der Waals surface area (Å²) in [4.78, 5) is 30.2. The highest BCUT2D eigenvalue weighted by molar-refractivity contribution is 6.07. The van der Waals surface area contributed by atoms with E-state index in [2.05, 4.69) is 21.7 Å². The smallest absolute Gasteiger partial charge is 0.258 e. The molecule has 4 rings (SSSR count). The highest BCUT2D eigenvalue weighted by Gasteiger charge is 2.25. The minimum Gasteiger partial charge on any atom is -0.340 e. The number of nitrogens with zero attached hydrogens (tertiary/aromatic N) is 2. The molecule has 1 aliphatic heterocycles. The number of pyridine rings is 1. The minimum atomic E-state index is -0.114. The number of aromatic nitrogens is 1. The molecule has 6 heteroatoms. The van der Waals surface area contributed by atoms with Crippen molar-refractivity contribution in [3.05, 3.63) is 78.0 Å². The number of benzene rings is 2. The van der Waals surface area contributed by atoms with Crippen molar-refractivity contribution in [1.82, 2.24) is 4.98 Å². The number of carbonyl (C=O) groups excluding carboxylic acids is 2. The van der Waals surface area contributed by atoms with Gasteiger partial charge in [0.25, 0.3) is 5.91 Å². The molecule has 2 heterocycles. The van der Waals surface area contributed by atoms with E-state index in [0.29, 0.717) is 17.9 Å². The predicted octanol–water partition coefficient (Wildman–Crippen LogP) is 3.99. The van der Waals surface area contributed by atoms with Gasteiger partial charge >= 0.3 is 0 Å². The molecule has 2 amide bonds. The number of hydrogen-bond donors (Lipinski definition) is 2. The highest BCUT2D eigenvalue weighted by atomic mass is 16.2. The van der Waals surface area contributed by atoms with Crippen molar-refractivity contribution in [2.45, 2.75) is 13.3 Å². The fourth-order valence-electron chi connectivity index (χ4n) is 3.33. The Kier molecular flexibility index (Phi) is 4.76. The maximum Gasteiger partial charge on any atom is 0.258 e. The third-order valence-electron chi connectivity index (χ3n) is 4.62. The first-order valence-corrected chi connectivity index (χ1v) is 9.11. The molecule has 0 aliphatic carbocycles. The molecule has 28 heavy (non-hydrogen) atoms. The van der Waals surface area contributed by atoms with Crippen LogP contribution in [0, 0.1) is 0 Å². The first-order chi connectivity index (χ1) is 13.6. The van der Waals surface area contributed by atoms with Gasteiger partial charge in [0.05, 0.1) is 0 Å². The molecule has 0 spiro atoms. The Morgan fingerprint density at radius 1 is 1.00 bits per heavy atom. The molecular formula is C22H20N4O2. The molecule has 0 atom stereocenters. The van der Waals surface area contributed by atoms with Crippen molar-refractivity contribution in [3.63, 3.8) is 0 Å². The number of amides is 2. The van der Waals surface area contributed by atoms with Gasteiger partial charge in [0.2, 0.25) is 5.91 Å². The van der Waals surface area contributed by atoms with E-state index in [-0.39, 0.29) is 11.8 Å². The summed E-state index contributed by atoms with van der Waals surface area (Å²) in [5.74, 6) is 0.444. The highest BCUT2D eigenvalue weighted by Crippen LogP contribution is 2.29. The van der Waals surface area contributed by atoms with Crippen LogP contribution in [-0.2, 0) is 11.2 Å². The summed E-state index contributed by atoms with van der Waals surface area (Å²) >= 11 is 0. The lowest BCUT2D eigenvalue weighted by atomic mass is 10.1. The summed E-state index contributed by atoms with van der Waals surface area (Å²) < 4.78 is 0. The monoisotopic (exact) mass is 372 g/mol. The molecule has 0 saturated heterocycles. The van der Waals surface area contributed by atoms with E-state index >= 15 is 0 Å². The molecule has 0 saturated carbocycles. The van der Waals surface area contributed by atoms with Gasteiger partial charge < -0.3 is 15.5 Å². The van der Waals surface area contributed by atoms with Crippen LogP contribution in [0.2, 0.25) is 0 Å². The van der Waals surface area contributed by atoms with E-state index in [9.17, 15) is 9.59 Å². The fourth-order valence-corrected chi connectivity index (χ4v) is 3.33. The van der Waals surface area contributed by atoms with Gasteiger partial charge in [-0.2, -0.15) is 0 Å². The van der Waals surface area contributed by atoms with Crippen LogP contribution in [-0.4, -0.2) is 23.3 Å². The maximum absolute atomic E-state index is 13.0. The molecule has 3 aromatic rings. The summed E-state index contributed by atoms with van der Waals surface area (Å²) in [7, 11) is 0. The standard InChI is InChI=1S/C22H20N4O2/c1-15(27)24-18-6-8-19(9-7-18)25-21-14-17(10-12-23-21)22(28)26-13-11-16-4-2-3-5-20(16)26/h2-10,12,14H,11,13H2,1H3,(H,23,25)(H,24,27). The third-order valence-corrected chi connectivity index (χ3v) is 4.62. The van der Waals surface area contributed by atoms with Crippen molar-refractivity contribution >= 4 is 34.7 Å². The summed E-state index contributed by atoms with van der Waals surface area (Å²) in [6.45, 7) is 2.16. The average molecular weight is 372 g/mol. The molecule has 140 valence electrons. The number of fused-ring (bicyclic) bond motifs is 1. The van der Waals surface area contributed by atoms with Gasteiger partial charge in [0.15, 0.2) is 0 Å². The summed E-state index contributed by atoms with van der Waals surface area (Å²) in [5.41, 5.74) is 4.30. The van der Waals surface area contributed by atoms with Gasteiger partial charge in [-0.25, -0.2) is 4.98 Å². The van der Waals surface area contributed by atoms with E-state index in [1.54, 1.807) is 30.5 Å². The molecule has 1 aromatic heterocycles. The molecule has 2 N–H and O–H groups in total. The first kappa shape index (κ1) is 17.7. The molecule has 1 aliphatic rings. The number of anilines is 4. The summed E-state index contributed by atoms with van der Waals surface area (Å²) in [6, 6.07) is 18.8. The fraction of sp³-hybridized carbons (Fsp3) is 0.136. The van der Waals surface area contributed by atoms with Crippen LogP contribution in [0.5, 0.6) is 0 Å². The Hall–Kier alpha value is -3.67. The summed E-state index contributed by atoms with van der Waals surface area (Å²) in [5, 5.41) is 5.92. The molecule has 6 nitrogen and oxygen atoms in total. The summed E-state index contributed by atoms with van der Waals surface area (Å²) in [6.07, 6.45) is 2.50. The van der Waals surface area contributed by atoms with E-state index in [0.717, 1.165) is 23.5 Å². The van der Waals surface area contributed by atoms with Crippen molar-refractivity contribution < 1.29 is 9.59 Å². The van der Waals surface area contributed by atoms with Gasteiger partial charge in [-0.3, -0.25) is 9.59 Å². The first-order valence-electron chi connectivity index (χ1n) is 9.11. The third kappa shape index (κ3) is 3.71. The SMILES string of the molecule is CC(=O)Nc1ccc(Nc2cc(C(=O)N3CCc4ccccc43)ccn2)cc1. The van der Waals surface area contributed by atoms with Crippen LogP contribution in [0.25, 0.3) is 0 Å². The molecule has 0 unspecified atom stereocenters. The lowest BCUT2D eigenvalue weighted by molar-refractivity contribution is -0.114. The van der Waals surface area contributed by atoms with Crippen molar-refractivity contribution in [2.24, 2.45) is 0 Å². The van der Waals surface area contributed by atoms with E-state index in [1.807, 2.05) is 35.2 Å². The predicted molar refractivity (Wildman–Crippen MR) is 110 cm³/mol. The van der Waals surface area contributed by atoms with Crippen LogP contribution < -0.4 is 15.5 Å². The lowest BCUT2D eigenvalue weighted by Crippen LogP contribution is -2.28. The second-order valence-corrected chi connectivity index (χ2v) is 6.65. The number of carbonyl (C=O) groups is 2. The quantitative estimate of drug-likeness (QED) is 0.726. The lowest BCUT2D eigenvalue weighted by Gasteiger charge is -2.17. The van der Waals surface area contributed by atoms with Gasteiger partial charge in [-0.1, -0.05) is 18.2 Å². The Labute approximate surface area is 163 Å². The molecule has 2 aromatic carbocycles. The van der Waals surface area contributed by atoms with Gasteiger partial charge in [-0.05, 0) is 54.4 Å². The van der Waals surface area contributed by atoms with Crippen LogP contribution in [0.15, 0.2) is 66.9 Å². The number of nitrogens with one attached hydrogen (secondary N) is 2. The van der Waals surface area contributed by atoms with Crippen LogP contribution in [0.1, 0.15) is 22.8 Å². The molecule has 0 bridgehead atoms. The van der Waals surface area contributed by atoms with E-state index < -0.39 is 0 Å². The second-order valence-electron chi connectivity index (χ2n) is 6.65. The van der Waals surface area contributed by atoms with Crippen molar-refractivity contribution in [2.75, 3.05) is 22.1 Å². The van der Waals surface area contributed by atoms with Gasteiger partial charge in [-0.15, -0.1) is 0 Å². The minimum absolute atomic E-state index is 0.0311. The second kappa shape index (κ2) is 7.52. The maximum atomic E-state index is 13.0. The number of hydrogen-bond acceptors (Lipinski definition) is 4. The van der Waals surface area contributed by atoms with Crippen molar-refractivity contribution in [1.29, 1.82) is 0 Å². The van der Waals surface area contributed by atoms with Crippen LogP contribution in [0.3, 0.4) is 0 Å². The molecule has 0 radical (unpaired) electrons. The molecule has 0 fully saturated rings. The Balaban J connectivity index is 1.50. The number of para-hydroxylation sites is 1. The van der Waals surface area contributed by atoms with Crippen LogP contribution >= 0.6 is 0 Å². The number of rotatable bonds is 4. The average Bonchev–Trinajstić information content (AvgIpc) is 3.13. The van der Waals surface area contributed by atoms with Gasteiger partial charge in [0.1, 0.15) is 5.82 Å². The van der Waals surface area contributed by atoms with Crippen molar-refractivity contribution in [3.8, 4) is 0 Å². The zero-order valence-corrected chi connectivity index (χ0v) is 15.5. The zero-order chi connectivity index (χ0) is 19.5. The van der Waals surface area contributed by atoms with E-state index in [1.165, 1.54) is 12.5 Å².